The molecule has 0 aliphatic heterocycles. The fourth-order valence-corrected chi connectivity index (χ4v) is 3.40. The second-order valence-electron chi connectivity index (χ2n) is 7.37. The van der Waals surface area contributed by atoms with Gasteiger partial charge in [-0.2, -0.15) is 0 Å². The van der Waals surface area contributed by atoms with Gasteiger partial charge in [-0.05, 0) is 56.4 Å². The van der Waals surface area contributed by atoms with Crippen molar-refractivity contribution in [2.75, 3.05) is 6.61 Å². The van der Waals surface area contributed by atoms with Gasteiger partial charge in [-0.3, -0.25) is 4.98 Å². The molecule has 1 aliphatic carbocycles. The molecule has 2 atom stereocenters. The van der Waals surface area contributed by atoms with Gasteiger partial charge in [-0.25, -0.2) is 0 Å². The lowest BCUT2D eigenvalue weighted by Crippen LogP contribution is -2.26. The Morgan fingerprint density at radius 3 is 2.71 bits per heavy atom. The minimum Gasteiger partial charge on any atom is -0.492 e. The molecule has 3 nitrogen and oxygen atoms in total. The SMILES string of the molecule is CCOc1cncc(C2(O)CCCC(C(C)(C)C)CC2)c1. The van der Waals surface area contributed by atoms with Gasteiger partial charge in [0.2, 0.25) is 0 Å². The monoisotopic (exact) mass is 291 g/mol. The molecule has 1 fully saturated rings. The summed E-state index contributed by atoms with van der Waals surface area (Å²) in [5.41, 5.74) is 0.472. The highest BCUT2D eigenvalue weighted by molar-refractivity contribution is 5.28. The summed E-state index contributed by atoms with van der Waals surface area (Å²) >= 11 is 0. The van der Waals surface area contributed by atoms with Crippen LogP contribution in [0, 0.1) is 11.3 Å². The zero-order valence-corrected chi connectivity index (χ0v) is 13.9. The molecule has 1 N–H and O–H groups in total. The van der Waals surface area contributed by atoms with Crippen molar-refractivity contribution in [3.05, 3.63) is 24.0 Å². The summed E-state index contributed by atoms with van der Waals surface area (Å²) in [5.74, 6) is 1.43. The highest BCUT2D eigenvalue weighted by Gasteiger charge is 2.36. The van der Waals surface area contributed by atoms with Gasteiger partial charge < -0.3 is 9.84 Å². The van der Waals surface area contributed by atoms with E-state index in [0.29, 0.717) is 17.9 Å². The number of nitrogens with zero attached hydrogens (tertiary/aromatic N) is 1. The Bertz CT molecular complexity index is 467. The lowest BCUT2D eigenvalue weighted by atomic mass is 9.76. The van der Waals surface area contributed by atoms with E-state index in [4.69, 9.17) is 4.74 Å². The van der Waals surface area contributed by atoms with E-state index in [9.17, 15) is 5.11 Å². The highest BCUT2D eigenvalue weighted by Crippen LogP contribution is 2.43. The van der Waals surface area contributed by atoms with Gasteiger partial charge in [-0.1, -0.05) is 20.8 Å². The van der Waals surface area contributed by atoms with Gasteiger partial charge in [0.25, 0.3) is 0 Å². The summed E-state index contributed by atoms with van der Waals surface area (Å²) in [5, 5.41) is 11.1. The first-order valence-electron chi connectivity index (χ1n) is 8.16. The lowest BCUT2D eigenvalue weighted by molar-refractivity contribution is 0.0174. The molecule has 1 aliphatic rings. The first-order chi connectivity index (χ1) is 9.85. The molecule has 0 bridgehead atoms. The van der Waals surface area contributed by atoms with Gasteiger partial charge in [0.1, 0.15) is 5.75 Å². The molecule has 0 saturated heterocycles. The molecule has 2 unspecified atom stereocenters. The van der Waals surface area contributed by atoms with E-state index in [1.54, 1.807) is 12.4 Å². The van der Waals surface area contributed by atoms with Crippen molar-refractivity contribution >= 4 is 0 Å². The number of pyridine rings is 1. The molecular formula is C18H29NO2. The molecular weight excluding hydrogens is 262 g/mol. The van der Waals surface area contributed by atoms with Crippen LogP contribution in [0.25, 0.3) is 0 Å². The van der Waals surface area contributed by atoms with Crippen molar-refractivity contribution in [1.29, 1.82) is 0 Å². The van der Waals surface area contributed by atoms with Crippen LogP contribution in [-0.2, 0) is 5.60 Å². The Labute approximate surface area is 128 Å². The van der Waals surface area contributed by atoms with E-state index < -0.39 is 5.60 Å². The fraction of sp³-hybridized carbons (Fsp3) is 0.722. The van der Waals surface area contributed by atoms with Crippen molar-refractivity contribution in [3.8, 4) is 5.75 Å². The Kier molecular flexibility index (Phi) is 4.92. The summed E-state index contributed by atoms with van der Waals surface area (Å²) in [6.07, 6.45) is 8.47. The summed E-state index contributed by atoms with van der Waals surface area (Å²) in [4.78, 5) is 4.24. The molecule has 2 rings (SSSR count). The summed E-state index contributed by atoms with van der Waals surface area (Å²) in [7, 11) is 0. The van der Waals surface area contributed by atoms with E-state index in [2.05, 4.69) is 25.8 Å². The highest BCUT2D eigenvalue weighted by atomic mass is 16.5. The topological polar surface area (TPSA) is 42.4 Å². The predicted molar refractivity (Wildman–Crippen MR) is 85.3 cm³/mol. The molecule has 0 radical (unpaired) electrons. The molecule has 0 spiro atoms. The molecule has 1 aromatic heterocycles. The first kappa shape index (κ1) is 16.3. The van der Waals surface area contributed by atoms with Gasteiger partial charge in [0, 0.05) is 11.8 Å². The third-order valence-electron chi connectivity index (χ3n) is 4.84. The maximum Gasteiger partial charge on any atom is 0.137 e. The molecule has 0 amide bonds. The molecule has 118 valence electrons. The number of aliphatic hydroxyl groups is 1. The molecule has 3 heteroatoms. The Balaban J connectivity index is 2.16. The van der Waals surface area contributed by atoms with Crippen LogP contribution >= 0.6 is 0 Å². The molecule has 0 aromatic carbocycles. The van der Waals surface area contributed by atoms with Crippen LogP contribution in [0.5, 0.6) is 5.75 Å². The van der Waals surface area contributed by atoms with Crippen LogP contribution in [0.2, 0.25) is 0 Å². The van der Waals surface area contributed by atoms with E-state index in [1.807, 2.05) is 13.0 Å². The van der Waals surface area contributed by atoms with Gasteiger partial charge >= 0.3 is 0 Å². The normalized spacial score (nSPS) is 27.2. The number of ether oxygens (including phenoxy) is 1. The number of rotatable bonds is 3. The lowest BCUT2D eigenvalue weighted by Gasteiger charge is -2.31. The van der Waals surface area contributed by atoms with Crippen molar-refractivity contribution in [1.82, 2.24) is 4.98 Å². The van der Waals surface area contributed by atoms with Crippen molar-refractivity contribution in [2.45, 2.75) is 65.4 Å². The number of hydrogen-bond acceptors (Lipinski definition) is 3. The smallest absolute Gasteiger partial charge is 0.137 e. The average molecular weight is 291 g/mol. The molecule has 1 saturated carbocycles. The second-order valence-corrected chi connectivity index (χ2v) is 7.37. The van der Waals surface area contributed by atoms with Crippen LogP contribution in [0.4, 0.5) is 0 Å². The number of aromatic nitrogens is 1. The summed E-state index contributed by atoms with van der Waals surface area (Å²) in [6.45, 7) is 9.49. The summed E-state index contributed by atoms with van der Waals surface area (Å²) in [6, 6.07) is 1.95. The summed E-state index contributed by atoms with van der Waals surface area (Å²) < 4.78 is 5.52. The predicted octanol–water partition coefficient (Wildman–Crippen LogP) is 4.29. The van der Waals surface area contributed by atoms with E-state index in [0.717, 1.165) is 37.0 Å². The van der Waals surface area contributed by atoms with Crippen LogP contribution < -0.4 is 4.74 Å². The van der Waals surface area contributed by atoms with Gasteiger partial charge in [-0.15, -0.1) is 0 Å². The Morgan fingerprint density at radius 2 is 2.05 bits per heavy atom. The van der Waals surface area contributed by atoms with Crippen LogP contribution in [0.1, 0.15) is 65.4 Å². The fourth-order valence-electron chi connectivity index (χ4n) is 3.40. The average Bonchev–Trinajstić information content (AvgIpc) is 2.62. The van der Waals surface area contributed by atoms with Crippen molar-refractivity contribution < 1.29 is 9.84 Å². The zero-order valence-electron chi connectivity index (χ0n) is 13.9. The first-order valence-corrected chi connectivity index (χ1v) is 8.16. The van der Waals surface area contributed by atoms with E-state index in [1.165, 1.54) is 6.42 Å². The van der Waals surface area contributed by atoms with Crippen molar-refractivity contribution in [3.63, 3.8) is 0 Å². The molecule has 1 heterocycles. The molecule has 1 aromatic rings. The minimum atomic E-state index is -0.750. The third kappa shape index (κ3) is 3.97. The zero-order chi connectivity index (χ0) is 15.5. The van der Waals surface area contributed by atoms with Crippen molar-refractivity contribution in [2.24, 2.45) is 11.3 Å². The Hall–Kier alpha value is -1.09. The minimum absolute atomic E-state index is 0.316. The van der Waals surface area contributed by atoms with E-state index >= 15 is 0 Å². The molecule has 21 heavy (non-hydrogen) atoms. The van der Waals surface area contributed by atoms with Crippen LogP contribution in [-0.4, -0.2) is 16.7 Å². The standard InChI is InChI=1S/C18H29NO2/c1-5-21-16-11-15(12-19-13-16)18(20)9-6-7-14(8-10-18)17(2,3)4/h11-14,20H,5-10H2,1-4H3. The maximum atomic E-state index is 11.1. The van der Waals surface area contributed by atoms with Crippen LogP contribution in [0.3, 0.4) is 0 Å². The quantitative estimate of drug-likeness (QED) is 0.845. The Morgan fingerprint density at radius 1 is 1.29 bits per heavy atom. The van der Waals surface area contributed by atoms with E-state index in [-0.39, 0.29) is 0 Å². The largest absolute Gasteiger partial charge is 0.492 e. The maximum absolute atomic E-state index is 11.1. The third-order valence-corrected chi connectivity index (χ3v) is 4.84. The van der Waals surface area contributed by atoms with Gasteiger partial charge in [0.05, 0.1) is 18.4 Å². The van der Waals surface area contributed by atoms with Gasteiger partial charge in [0.15, 0.2) is 0 Å². The number of hydrogen-bond donors (Lipinski definition) is 1. The second kappa shape index (κ2) is 6.35. The van der Waals surface area contributed by atoms with Crippen LogP contribution in [0.15, 0.2) is 18.5 Å².